The molecule has 2 aromatic carbocycles. The molecule has 0 aliphatic carbocycles. The Morgan fingerprint density at radius 3 is 2.39 bits per heavy atom. The van der Waals surface area contributed by atoms with E-state index in [4.69, 9.17) is 9.47 Å². The van der Waals surface area contributed by atoms with Crippen molar-refractivity contribution in [2.24, 2.45) is 0 Å². The molecule has 0 bridgehead atoms. The quantitative estimate of drug-likeness (QED) is 0.795. The third-order valence-electron chi connectivity index (χ3n) is 5.10. The zero-order valence-corrected chi connectivity index (χ0v) is 16.1. The predicted molar refractivity (Wildman–Crippen MR) is 112 cm³/mol. The molecule has 0 unspecified atom stereocenters. The van der Waals surface area contributed by atoms with Crippen molar-refractivity contribution in [2.75, 3.05) is 48.4 Å². The molecule has 28 heavy (non-hydrogen) atoms. The lowest BCUT2D eigenvalue weighted by Crippen LogP contribution is -2.29. The Labute approximate surface area is 165 Å². The summed E-state index contributed by atoms with van der Waals surface area (Å²) in [6.45, 7) is 3.97. The molecule has 148 valence electrons. The number of carbonyl (C=O) groups excluding carboxylic acids is 1. The molecule has 2 aromatic rings. The highest BCUT2D eigenvalue weighted by Crippen LogP contribution is 2.32. The highest BCUT2D eigenvalue weighted by molar-refractivity contribution is 5.91. The molecule has 6 heteroatoms. The fourth-order valence-electron chi connectivity index (χ4n) is 3.61. The number of hydrogen-bond acceptors (Lipinski definition) is 5. The van der Waals surface area contributed by atoms with Crippen molar-refractivity contribution in [3.05, 3.63) is 42.5 Å². The summed E-state index contributed by atoms with van der Waals surface area (Å²) < 4.78 is 11.0. The maximum Gasteiger partial charge on any atom is 0.226 e. The lowest BCUT2D eigenvalue weighted by molar-refractivity contribution is -0.115. The molecule has 4 rings (SSSR count). The first-order valence-electron chi connectivity index (χ1n) is 10.1. The summed E-state index contributed by atoms with van der Waals surface area (Å²) in [6, 6.07) is 13.9. The van der Waals surface area contributed by atoms with E-state index >= 15 is 0 Å². The summed E-state index contributed by atoms with van der Waals surface area (Å²) in [6.07, 6.45) is 4.28. The highest BCUT2D eigenvalue weighted by Gasteiger charge is 2.13. The average molecular weight is 381 g/mol. The maximum atomic E-state index is 12.2. The van der Waals surface area contributed by atoms with Gasteiger partial charge in [0, 0.05) is 49.2 Å². The van der Waals surface area contributed by atoms with Gasteiger partial charge in [-0.1, -0.05) is 0 Å². The smallest absolute Gasteiger partial charge is 0.226 e. The third-order valence-corrected chi connectivity index (χ3v) is 5.10. The fourth-order valence-corrected chi connectivity index (χ4v) is 3.61. The zero-order valence-electron chi connectivity index (χ0n) is 16.1. The van der Waals surface area contributed by atoms with Gasteiger partial charge in [-0.25, -0.2) is 0 Å². The third kappa shape index (κ3) is 4.68. The van der Waals surface area contributed by atoms with E-state index in [2.05, 4.69) is 39.8 Å². The van der Waals surface area contributed by atoms with Gasteiger partial charge in [-0.15, -0.1) is 0 Å². The summed E-state index contributed by atoms with van der Waals surface area (Å²) in [5, 5.41) is 6.23. The van der Waals surface area contributed by atoms with Gasteiger partial charge >= 0.3 is 0 Å². The number of amides is 1. The number of hydrogen-bond donors (Lipinski definition) is 2. The van der Waals surface area contributed by atoms with Crippen LogP contribution in [0.5, 0.6) is 11.5 Å². The Morgan fingerprint density at radius 2 is 1.61 bits per heavy atom. The van der Waals surface area contributed by atoms with Crippen LogP contribution < -0.4 is 25.0 Å². The van der Waals surface area contributed by atoms with E-state index in [-0.39, 0.29) is 5.91 Å². The van der Waals surface area contributed by atoms with Crippen molar-refractivity contribution in [2.45, 2.75) is 25.7 Å². The van der Waals surface area contributed by atoms with E-state index < -0.39 is 0 Å². The lowest BCUT2D eigenvalue weighted by atomic mass is 10.1. The molecule has 1 saturated heterocycles. The van der Waals surface area contributed by atoms with Gasteiger partial charge in [-0.05, 0) is 55.7 Å². The number of carbonyl (C=O) groups is 1. The van der Waals surface area contributed by atoms with Gasteiger partial charge in [0.2, 0.25) is 5.91 Å². The van der Waals surface area contributed by atoms with Crippen LogP contribution in [0.25, 0.3) is 0 Å². The second-order valence-electron chi connectivity index (χ2n) is 7.18. The Kier molecular flexibility index (Phi) is 5.85. The molecule has 2 heterocycles. The van der Waals surface area contributed by atoms with E-state index in [9.17, 15) is 4.79 Å². The van der Waals surface area contributed by atoms with Crippen LogP contribution in [0.2, 0.25) is 0 Å². The zero-order chi connectivity index (χ0) is 19.2. The molecule has 2 N–H and O–H groups in total. The molecule has 2 aliphatic rings. The number of ether oxygens (including phenoxy) is 2. The summed E-state index contributed by atoms with van der Waals surface area (Å²) in [7, 11) is 0. The van der Waals surface area contributed by atoms with Gasteiger partial charge in [-0.3, -0.25) is 4.79 Å². The van der Waals surface area contributed by atoms with Crippen molar-refractivity contribution in [1.29, 1.82) is 0 Å². The molecular formula is C22H27N3O3. The second kappa shape index (κ2) is 8.87. The number of fused-ring (bicyclic) bond motifs is 1. The molecule has 0 spiro atoms. The Bertz CT molecular complexity index is 801. The maximum absolute atomic E-state index is 12.2. The van der Waals surface area contributed by atoms with Crippen molar-refractivity contribution in [1.82, 2.24) is 0 Å². The SMILES string of the molecule is O=C(CCNc1ccc(N2CCCCC2)cc1)Nc1ccc2c(c1)OCCO2. The number of rotatable bonds is 6. The van der Waals surface area contributed by atoms with Crippen LogP contribution >= 0.6 is 0 Å². The van der Waals surface area contributed by atoms with Crippen LogP contribution in [-0.2, 0) is 4.79 Å². The monoisotopic (exact) mass is 381 g/mol. The first kappa shape index (κ1) is 18.5. The number of piperidine rings is 1. The van der Waals surface area contributed by atoms with Gasteiger partial charge < -0.3 is 25.0 Å². The number of nitrogens with zero attached hydrogens (tertiary/aromatic N) is 1. The Balaban J connectivity index is 1.23. The minimum atomic E-state index is -0.0332. The van der Waals surface area contributed by atoms with Gasteiger partial charge in [-0.2, -0.15) is 0 Å². The van der Waals surface area contributed by atoms with Crippen LogP contribution in [0.1, 0.15) is 25.7 Å². The Morgan fingerprint density at radius 1 is 0.893 bits per heavy atom. The average Bonchev–Trinajstić information content (AvgIpc) is 2.75. The van der Waals surface area contributed by atoms with E-state index in [1.54, 1.807) is 6.07 Å². The van der Waals surface area contributed by atoms with Gasteiger partial charge in [0.05, 0.1) is 0 Å². The summed E-state index contributed by atoms with van der Waals surface area (Å²) >= 11 is 0. The molecule has 1 fully saturated rings. The molecule has 2 aliphatic heterocycles. The first-order valence-corrected chi connectivity index (χ1v) is 10.1. The number of nitrogens with one attached hydrogen (secondary N) is 2. The Hall–Kier alpha value is -2.89. The molecule has 6 nitrogen and oxygen atoms in total. The minimum Gasteiger partial charge on any atom is -0.486 e. The van der Waals surface area contributed by atoms with Crippen LogP contribution in [0, 0.1) is 0 Å². The van der Waals surface area contributed by atoms with Gasteiger partial charge in [0.1, 0.15) is 13.2 Å². The molecule has 0 saturated carbocycles. The second-order valence-corrected chi connectivity index (χ2v) is 7.18. The van der Waals surface area contributed by atoms with Crippen LogP contribution in [-0.4, -0.2) is 38.8 Å². The number of benzene rings is 2. The van der Waals surface area contributed by atoms with E-state index in [1.807, 2.05) is 12.1 Å². The van der Waals surface area contributed by atoms with Gasteiger partial charge in [0.15, 0.2) is 11.5 Å². The molecule has 0 radical (unpaired) electrons. The summed E-state index contributed by atoms with van der Waals surface area (Å²) in [5.74, 6) is 1.36. The van der Waals surface area contributed by atoms with Crippen LogP contribution in [0.3, 0.4) is 0 Å². The van der Waals surface area contributed by atoms with Crippen molar-refractivity contribution < 1.29 is 14.3 Å². The van der Waals surface area contributed by atoms with Crippen molar-refractivity contribution >= 4 is 23.0 Å². The minimum absolute atomic E-state index is 0.0332. The molecule has 1 amide bonds. The highest BCUT2D eigenvalue weighted by atomic mass is 16.6. The van der Waals surface area contributed by atoms with Crippen molar-refractivity contribution in [3.8, 4) is 11.5 Å². The molecule has 0 atom stereocenters. The van der Waals surface area contributed by atoms with E-state index in [1.165, 1.54) is 24.9 Å². The fraction of sp³-hybridized carbons (Fsp3) is 0.409. The van der Waals surface area contributed by atoms with E-state index in [0.29, 0.717) is 31.9 Å². The summed E-state index contributed by atoms with van der Waals surface area (Å²) in [5.41, 5.74) is 3.04. The van der Waals surface area contributed by atoms with Gasteiger partial charge in [0.25, 0.3) is 0 Å². The largest absolute Gasteiger partial charge is 0.486 e. The standard InChI is InChI=1S/C22H27N3O3/c26-22(24-18-6-9-20-21(16-18)28-15-14-27-20)10-11-23-17-4-7-19(8-5-17)25-12-2-1-3-13-25/h4-9,16,23H,1-3,10-15H2,(H,24,26). The van der Waals surface area contributed by atoms with Crippen LogP contribution in [0.15, 0.2) is 42.5 Å². The van der Waals surface area contributed by atoms with Crippen molar-refractivity contribution in [3.63, 3.8) is 0 Å². The normalized spacial score (nSPS) is 15.8. The first-order chi connectivity index (χ1) is 13.8. The summed E-state index contributed by atoms with van der Waals surface area (Å²) in [4.78, 5) is 14.6. The predicted octanol–water partition coefficient (Wildman–Crippen LogP) is 3.89. The molecule has 0 aromatic heterocycles. The molecular weight excluding hydrogens is 354 g/mol. The topological polar surface area (TPSA) is 62.8 Å². The number of anilines is 3. The van der Waals surface area contributed by atoms with E-state index in [0.717, 1.165) is 30.2 Å². The lowest BCUT2D eigenvalue weighted by Gasteiger charge is -2.28. The van der Waals surface area contributed by atoms with Crippen LogP contribution in [0.4, 0.5) is 17.1 Å².